The Hall–Kier alpha value is 1.39. The predicted molar refractivity (Wildman–Crippen MR) is 29.9 cm³/mol. The van der Waals surface area contributed by atoms with Gasteiger partial charge in [-0.1, -0.05) is 19.8 Å². The summed E-state index contributed by atoms with van der Waals surface area (Å²) in [4.78, 5) is 0. The van der Waals surface area contributed by atoms with Gasteiger partial charge in [-0.2, -0.15) is 0 Å². The molecule has 0 aliphatic rings. The molecule has 0 saturated carbocycles. The zero-order valence-electron chi connectivity index (χ0n) is 5.00. The number of halogens is 2. The number of alkyl halides is 1. The zero-order valence-corrected chi connectivity index (χ0v) is 10.3. The predicted octanol–water partition coefficient (Wildman–Crippen LogP) is -0.769. The molecule has 0 atom stereocenters. The van der Waals surface area contributed by atoms with Crippen LogP contribution in [0.3, 0.4) is 0 Å². The summed E-state index contributed by atoms with van der Waals surface area (Å²) < 4.78 is 0. The maximum atomic E-state index is 5.35. The molecule has 0 amide bonds. The van der Waals surface area contributed by atoms with Crippen LogP contribution in [0.25, 0.3) is 0 Å². The fraction of sp³-hybridized carbons (Fsp3) is 0.800. The van der Waals surface area contributed by atoms with Crippen LogP contribution in [-0.2, 0) is 19.5 Å². The number of hydrogen-bond acceptors (Lipinski definition) is 0. The summed E-state index contributed by atoms with van der Waals surface area (Å²) in [5.74, 6) is 0.787. The zero-order chi connectivity index (χ0) is 4.83. The fourth-order valence-corrected chi connectivity index (χ4v) is 0.460. The van der Waals surface area contributed by atoms with Crippen molar-refractivity contribution in [1.82, 2.24) is 0 Å². The van der Waals surface area contributed by atoms with Crippen LogP contribution in [0.2, 0.25) is 0 Å². The van der Waals surface area contributed by atoms with E-state index in [0.29, 0.717) is 0 Å². The molecule has 0 bridgehead atoms. The van der Waals surface area contributed by atoms with E-state index in [1.165, 1.54) is 6.42 Å². The largest absolute Gasteiger partial charge is 1.00 e. The second kappa shape index (κ2) is 15.8. The standard InChI is InChI=1S/C5H10Cl.BrH.Zn/c1-2-3-4-5-6;;/h1-5H2;1H;/p-1. The van der Waals surface area contributed by atoms with Crippen molar-refractivity contribution < 1.29 is 36.5 Å². The van der Waals surface area contributed by atoms with E-state index in [1.54, 1.807) is 0 Å². The van der Waals surface area contributed by atoms with E-state index < -0.39 is 0 Å². The topological polar surface area (TPSA) is 0 Å². The molecule has 0 N–H and O–H groups in total. The monoisotopic (exact) mass is 248 g/mol. The summed E-state index contributed by atoms with van der Waals surface area (Å²) in [7, 11) is 0. The van der Waals surface area contributed by atoms with Crippen molar-refractivity contribution in [3.8, 4) is 0 Å². The van der Waals surface area contributed by atoms with Gasteiger partial charge < -0.3 is 17.0 Å². The minimum absolute atomic E-state index is 0. The SMILES string of the molecule is [Br-].[CH2]CCCCCl.[Zn]. The molecular formula is C5H10BrClZn-. The van der Waals surface area contributed by atoms with E-state index in [-0.39, 0.29) is 36.5 Å². The summed E-state index contributed by atoms with van der Waals surface area (Å²) in [5, 5.41) is 0. The fourth-order valence-electron chi connectivity index (χ4n) is 0.271. The van der Waals surface area contributed by atoms with Crippen molar-refractivity contribution in [2.24, 2.45) is 0 Å². The smallest absolute Gasteiger partial charge is 0.0223 e. The van der Waals surface area contributed by atoms with Crippen LogP contribution >= 0.6 is 11.6 Å². The Morgan fingerprint density at radius 3 is 1.88 bits per heavy atom. The Kier molecular flexibility index (Phi) is 31.9. The van der Waals surface area contributed by atoms with Crippen molar-refractivity contribution in [3.05, 3.63) is 6.92 Å². The molecule has 0 aliphatic heterocycles. The van der Waals surface area contributed by atoms with E-state index in [4.69, 9.17) is 11.6 Å². The van der Waals surface area contributed by atoms with Gasteiger partial charge in [0.25, 0.3) is 0 Å². The van der Waals surface area contributed by atoms with Crippen LogP contribution < -0.4 is 17.0 Å². The Morgan fingerprint density at radius 1 is 1.25 bits per heavy atom. The van der Waals surface area contributed by atoms with Gasteiger partial charge in [0.1, 0.15) is 0 Å². The summed E-state index contributed by atoms with van der Waals surface area (Å²) >= 11 is 5.35. The first-order valence-electron chi connectivity index (χ1n) is 2.27. The molecule has 0 aliphatic carbocycles. The molecule has 1 radical (unpaired) electrons. The molecule has 0 aromatic carbocycles. The quantitative estimate of drug-likeness (QED) is 0.351. The van der Waals surface area contributed by atoms with E-state index in [1.807, 2.05) is 0 Å². The van der Waals surface area contributed by atoms with Crippen LogP contribution in [0.1, 0.15) is 19.3 Å². The Labute approximate surface area is 79.9 Å². The molecule has 47 valence electrons. The van der Waals surface area contributed by atoms with Crippen molar-refractivity contribution in [3.63, 3.8) is 0 Å². The van der Waals surface area contributed by atoms with Gasteiger partial charge in [-0.3, -0.25) is 0 Å². The molecule has 3 heteroatoms. The molecule has 0 aromatic heterocycles. The maximum absolute atomic E-state index is 5.35. The van der Waals surface area contributed by atoms with E-state index in [2.05, 4.69) is 6.92 Å². The molecule has 0 spiro atoms. The maximum Gasteiger partial charge on any atom is 0.0223 e. The summed E-state index contributed by atoms with van der Waals surface area (Å²) in [6.07, 6.45) is 3.31. The summed E-state index contributed by atoms with van der Waals surface area (Å²) in [6, 6.07) is 0. The van der Waals surface area contributed by atoms with Crippen molar-refractivity contribution in [2.45, 2.75) is 19.3 Å². The summed E-state index contributed by atoms with van der Waals surface area (Å²) in [5.41, 5.74) is 0. The van der Waals surface area contributed by atoms with Gasteiger partial charge in [-0.05, 0) is 6.42 Å². The summed E-state index contributed by atoms with van der Waals surface area (Å²) in [6.45, 7) is 3.66. The van der Waals surface area contributed by atoms with Gasteiger partial charge >= 0.3 is 0 Å². The molecule has 0 rings (SSSR count). The van der Waals surface area contributed by atoms with E-state index in [0.717, 1.165) is 18.7 Å². The molecule has 0 fully saturated rings. The molecule has 0 nitrogen and oxygen atoms in total. The van der Waals surface area contributed by atoms with Gasteiger partial charge in [0.15, 0.2) is 0 Å². The van der Waals surface area contributed by atoms with Crippen LogP contribution in [0.15, 0.2) is 0 Å². The first-order chi connectivity index (χ1) is 2.91. The van der Waals surface area contributed by atoms with Gasteiger partial charge in [-0.15, -0.1) is 11.6 Å². The number of rotatable bonds is 3. The van der Waals surface area contributed by atoms with Crippen LogP contribution in [0.5, 0.6) is 0 Å². The van der Waals surface area contributed by atoms with Gasteiger partial charge in [0.05, 0.1) is 0 Å². The Bertz CT molecular complexity index is 24.4. The van der Waals surface area contributed by atoms with Crippen LogP contribution in [-0.4, -0.2) is 5.88 Å². The first-order valence-corrected chi connectivity index (χ1v) is 2.80. The van der Waals surface area contributed by atoms with Crippen molar-refractivity contribution in [1.29, 1.82) is 0 Å². The van der Waals surface area contributed by atoms with Gasteiger partial charge in [-0.25, -0.2) is 0 Å². The third-order valence-corrected chi connectivity index (χ3v) is 0.901. The van der Waals surface area contributed by atoms with Gasteiger partial charge in [0.2, 0.25) is 0 Å². The van der Waals surface area contributed by atoms with Crippen LogP contribution in [0, 0.1) is 6.92 Å². The third-order valence-electron chi connectivity index (χ3n) is 0.634. The minimum Gasteiger partial charge on any atom is -1.00 e. The van der Waals surface area contributed by atoms with E-state index in [9.17, 15) is 0 Å². The van der Waals surface area contributed by atoms with E-state index >= 15 is 0 Å². The first kappa shape index (κ1) is 16.2. The second-order valence-corrected chi connectivity index (χ2v) is 1.63. The molecule has 0 heterocycles. The van der Waals surface area contributed by atoms with Gasteiger partial charge in [0, 0.05) is 25.4 Å². The van der Waals surface area contributed by atoms with Crippen molar-refractivity contribution in [2.75, 3.05) is 5.88 Å². The van der Waals surface area contributed by atoms with Crippen molar-refractivity contribution >= 4 is 11.6 Å². The Balaban J connectivity index is -0.000000125. The molecule has 0 unspecified atom stereocenters. The average Bonchev–Trinajstić information content (AvgIpc) is 1.61. The normalized spacial score (nSPS) is 6.75. The average molecular weight is 251 g/mol. The minimum atomic E-state index is 0. The third kappa shape index (κ3) is 15.7. The Morgan fingerprint density at radius 2 is 1.75 bits per heavy atom. The molecule has 0 aromatic rings. The molecule has 8 heavy (non-hydrogen) atoms. The number of hydrogen-bond donors (Lipinski definition) is 0. The number of unbranched alkanes of at least 4 members (excludes halogenated alkanes) is 2. The van der Waals surface area contributed by atoms with Crippen LogP contribution in [0.4, 0.5) is 0 Å². The molecule has 0 saturated heterocycles. The molecular weight excluding hydrogens is 241 g/mol. The second-order valence-electron chi connectivity index (χ2n) is 1.25.